The van der Waals surface area contributed by atoms with Crippen molar-refractivity contribution in [3.8, 4) is 5.75 Å². The Bertz CT molecular complexity index is 453. The van der Waals surface area contributed by atoms with Crippen molar-refractivity contribution in [2.45, 2.75) is 32.2 Å². The number of halogens is 1. The first-order chi connectivity index (χ1) is 8.96. The van der Waals surface area contributed by atoms with E-state index in [1.165, 1.54) is 12.8 Å². The summed E-state index contributed by atoms with van der Waals surface area (Å²) in [5, 5.41) is 2.84. The SMILES string of the molecule is CC(C)(N)CNC(=O)c1ccccc1OCC1CC1.Cl. The van der Waals surface area contributed by atoms with E-state index in [1.54, 1.807) is 6.07 Å². The number of hydrogen-bond acceptors (Lipinski definition) is 3. The number of hydrogen-bond donors (Lipinski definition) is 2. The van der Waals surface area contributed by atoms with Gasteiger partial charge in [0.1, 0.15) is 5.75 Å². The lowest BCUT2D eigenvalue weighted by molar-refractivity contribution is 0.0941. The van der Waals surface area contributed by atoms with Crippen LogP contribution in [0.4, 0.5) is 0 Å². The van der Waals surface area contributed by atoms with Gasteiger partial charge in [0.05, 0.1) is 12.2 Å². The van der Waals surface area contributed by atoms with Gasteiger partial charge in [-0.2, -0.15) is 0 Å². The Morgan fingerprint density at radius 3 is 2.65 bits per heavy atom. The van der Waals surface area contributed by atoms with Crippen molar-refractivity contribution < 1.29 is 9.53 Å². The second-order valence-electron chi connectivity index (χ2n) is 5.92. The zero-order chi connectivity index (χ0) is 13.9. The smallest absolute Gasteiger partial charge is 0.255 e. The summed E-state index contributed by atoms with van der Waals surface area (Å²) in [7, 11) is 0. The topological polar surface area (TPSA) is 64.3 Å². The maximum absolute atomic E-state index is 12.1. The molecule has 0 aliphatic heterocycles. The molecular weight excluding hydrogens is 276 g/mol. The summed E-state index contributed by atoms with van der Waals surface area (Å²) in [6.45, 7) is 4.89. The first-order valence-electron chi connectivity index (χ1n) is 6.74. The average molecular weight is 299 g/mol. The monoisotopic (exact) mass is 298 g/mol. The van der Waals surface area contributed by atoms with Gasteiger partial charge in [0.2, 0.25) is 0 Å². The first-order valence-corrected chi connectivity index (χ1v) is 6.74. The van der Waals surface area contributed by atoms with Crippen molar-refractivity contribution >= 4 is 18.3 Å². The lowest BCUT2D eigenvalue weighted by Gasteiger charge is -2.19. The minimum Gasteiger partial charge on any atom is -0.492 e. The Balaban J connectivity index is 0.00000200. The Kier molecular flexibility index (Phi) is 5.84. The molecule has 3 N–H and O–H groups in total. The van der Waals surface area contributed by atoms with Crippen molar-refractivity contribution in [1.82, 2.24) is 5.32 Å². The first kappa shape index (κ1) is 16.8. The lowest BCUT2D eigenvalue weighted by atomic mass is 10.1. The summed E-state index contributed by atoms with van der Waals surface area (Å²) in [4.78, 5) is 12.1. The predicted octanol–water partition coefficient (Wildman–Crippen LogP) is 2.36. The molecule has 0 spiro atoms. The summed E-state index contributed by atoms with van der Waals surface area (Å²) >= 11 is 0. The average Bonchev–Trinajstić information content (AvgIpc) is 3.17. The number of ether oxygens (including phenoxy) is 1. The van der Waals surface area contributed by atoms with E-state index in [2.05, 4.69) is 5.32 Å². The molecular formula is C15H23ClN2O2. The second-order valence-corrected chi connectivity index (χ2v) is 5.92. The molecule has 0 heterocycles. The normalized spacial score (nSPS) is 14.3. The van der Waals surface area contributed by atoms with Gasteiger partial charge < -0.3 is 15.8 Å². The minimum atomic E-state index is -0.417. The van der Waals surface area contributed by atoms with E-state index in [-0.39, 0.29) is 18.3 Å². The summed E-state index contributed by atoms with van der Waals surface area (Å²) in [5.41, 5.74) is 6.02. The van der Waals surface area contributed by atoms with Crippen LogP contribution in [0, 0.1) is 5.92 Å². The summed E-state index contributed by atoms with van der Waals surface area (Å²) in [6, 6.07) is 7.34. The molecule has 20 heavy (non-hydrogen) atoms. The standard InChI is InChI=1S/C15H22N2O2.ClH/c1-15(2,16)10-17-14(18)12-5-3-4-6-13(12)19-9-11-7-8-11;/h3-6,11H,7-10,16H2,1-2H3,(H,17,18);1H. The Morgan fingerprint density at radius 2 is 2.05 bits per heavy atom. The van der Waals surface area contributed by atoms with Gasteiger partial charge in [-0.1, -0.05) is 12.1 Å². The van der Waals surface area contributed by atoms with Gasteiger partial charge in [0.15, 0.2) is 0 Å². The fourth-order valence-corrected chi connectivity index (χ4v) is 1.68. The third-order valence-corrected chi connectivity index (χ3v) is 3.01. The van der Waals surface area contributed by atoms with E-state index >= 15 is 0 Å². The highest BCUT2D eigenvalue weighted by molar-refractivity contribution is 5.96. The van der Waals surface area contributed by atoms with E-state index in [9.17, 15) is 4.79 Å². The van der Waals surface area contributed by atoms with Gasteiger partial charge in [-0.15, -0.1) is 12.4 Å². The second kappa shape index (κ2) is 6.95. The third kappa shape index (κ3) is 5.39. The molecule has 0 bridgehead atoms. The Morgan fingerprint density at radius 1 is 1.40 bits per heavy atom. The molecule has 0 atom stereocenters. The number of carbonyl (C=O) groups is 1. The minimum absolute atomic E-state index is 0. The molecule has 1 saturated carbocycles. The maximum Gasteiger partial charge on any atom is 0.255 e. The fraction of sp³-hybridized carbons (Fsp3) is 0.533. The van der Waals surface area contributed by atoms with Crippen molar-refractivity contribution in [3.05, 3.63) is 29.8 Å². The summed E-state index contributed by atoms with van der Waals surface area (Å²) < 4.78 is 5.72. The molecule has 0 saturated heterocycles. The molecule has 1 fully saturated rings. The van der Waals surface area contributed by atoms with Crippen LogP contribution in [0.1, 0.15) is 37.0 Å². The molecule has 0 aromatic heterocycles. The van der Waals surface area contributed by atoms with Gasteiger partial charge in [-0.05, 0) is 44.7 Å². The Hall–Kier alpha value is -1.26. The lowest BCUT2D eigenvalue weighted by Crippen LogP contribution is -2.45. The zero-order valence-electron chi connectivity index (χ0n) is 12.0. The van der Waals surface area contributed by atoms with Crippen LogP contribution in [0.2, 0.25) is 0 Å². The van der Waals surface area contributed by atoms with E-state index < -0.39 is 5.54 Å². The maximum atomic E-state index is 12.1. The molecule has 0 unspecified atom stereocenters. The van der Waals surface area contributed by atoms with Crippen LogP contribution in [0.25, 0.3) is 0 Å². The fourth-order valence-electron chi connectivity index (χ4n) is 1.68. The highest BCUT2D eigenvalue weighted by Gasteiger charge is 2.23. The van der Waals surface area contributed by atoms with Crippen LogP contribution in [0.3, 0.4) is 0 Å². The highest BCUT2D eigenvalue weighted by atomic mass is 35.5. The highest BCUT2D eigenvalue weighted by Crippen LogP contribution is 2.30. The van der Waals surface area contributed by atoms with Gasteiger partial charge in [0.25, 0.3) is 5.91 Å². The number of nitrogens with two attached hydrogens (primary N) is 1. The zero-order valence-corrected chi connectivity index (χ0v) is 12.8. The van der Waals surface area contributed by atoms with Crippen LogP contribution in [-0.4, -0.2) is 24.6 Å². The third-order valence-electron chi connectivity index (χ3n) is 3.01. The van der Waals surface area contributed by atoms with Crippen LogP contribution < -0.4 is 15.8 Å². The molecule has 4 nitrogen and oxygen atoms in total. The van der Waals surface area contributed by atoms with E-state index in [0.717, 1.165) is 0 Å². The molecule has 112 valence electrons. The van der Waals surface area contributed by atoms with E-state index in [4.69, 9.17) is 10.5 Å². The number of rotatable bonds is 6. The molecule has 5 heteroatoms. The number of amides is 1. The van der Waals surface area contributed by atoms with Crippen molar-refractivity contribution in [2.75, 3.05) is 13.2 Å². The van der Waals surface area contributed by atoms with Gasteiger partial charge >= 0.3 is 0 Å². The molecule has 1 aromatic carbocycles. The summed E-state index contributed by atoms with van der Waals surface area (Å²) in [5.74, 6) is 1.19. The molecule has 0 radical (unpaired) electrons. The van der Waals surface area contributed by atoms with Crippen LogP contribution in [-0.2, 0) is 0 Å². The van der Waals surface area contributed by atoms with Crippen LogP contribution in [0.15, 0.2) is 24.3 Å². The molecule has 2 rings (SSSR count). The quantitative estimate of drug-likeness (QED) is 0.847. The number of para-hydroxylation sites is 1. The largest absolute Gasteiger partial charge is 0.492 e. The van der Waals surface area contributed by atoms with Gasteiger partial charge in [0, 0.05) is 12.1 Å². The Labute approximate surface area is 126 Å². The number of benzene rings is 1. The van der Waals surface area contributed by atoms with Crippen LogP contribution >= 0.6 is 12.4 Å². The molecule has 1 aliphatic rings. The molecule has 1 aromatic rings. The molecule has 1 amide bonds. The van der Waals surface area contributed by atoms with Crippen molar-refractivity contribution in [2.24, 2.45) is 11.7 Å². The number of carbonyl (C=O) groups excluding carboxylic acids is 1. The van der Waals surface area contributed by atoms with Crippen LogP contribution in [0.5, 0.6) is 5.75 Å². The summed E-state index contributed by atoms with van der Waals surface area (Å²) in [6.07, 6.45) is 2.46. The molecule has 1 aliphatic carbocycles. The van der Waals surface area contributed by atoms with Crippen molar-refractivity contribution in [1.29, 1.82) is 0 Å². The predicted molar refractivity (Wildman–Crippen MR) is 82.5 cm³/mol. The number of nitrogens with one attached hydrogen (secondary N) is 1. The van der Waals surface area contributed by atoms with Gasteiger partial charge in [-0.3, -0.25) is 4.79 Å². The van der Waals surface area contributed by atoms with Crippen molar-refractivity contribution in [3.63, 3.8) is 0 Å². The van der Waals surface area contributed by atoms with E-state index in [1.807, 2.05) is 32.0 Å². The van der Waals surface area contributed by atoms with Gasteiger partial charge in [-0.25, -0.2) is 0 Å². The van der Waals surface area contributed by atoms with E-state index in [0.29, 0.717) is 30.4 Å².